The third-order valence-corrected chi connectivity index (χ3v) is 4.76. The maximum Gasteiger partial charge on any atom is 0.128 e. The van der Waals surface area contributed by atoms with Crippen LogP contribution in [0.25, 0.3) is 0 Å². The topological polar surface area (TPSA) is 21.3 Å². The first kappa shape index (κ1) is 14.9. The molecular formula is C17H17Br2NO. The van der Waals surface area contributed by atoms with E-state index in [1.165, 1.54) is 11.1 Å². The van der Waals surface area contributed by atoms with E-state index in [4.69, 9.17) is 4.74 Å². The van der Waals surface area contributed by atoms with E-state index in [9.17, 15) is 0 Å². The Morgan fingerprint density at radius 1 is 1.19 bits per heavy atom. The van der Waals surface area contributed by atoms with Crippen molar-refractivity contribution in [1.29, 1.82) is 0 Å². The molecule has 1 N–H and O–H groups in total. The van der Waals surface area contributed by atoms with Gasteiger partial charge < -0.3 is 10.1 Å². The molecule has 0 atom stereocenters. The molecule has 2 aromatic rings. The van der Waals surface area contributed by atoms with Crippen LogP contribution >= 0.6 is 31.9 Å². The minimum atomic E-state index is -0.102. The number of nitrogens with one attached hydrogen (secondary N) is 1. The second kappa shape index (κ2) is 5.65. The lowest BCUT2D eigenvalue weighted by atomic mass is 10.0. The van der Waals surface area contributed by atoms with E-state index in [1.54, 1.807) is 0 Å². The van der Waals surface area contributed by atoms with Crippen molar-refractivity contribution >= 4 is 37.5 Å². The molecule has 0 unspecified atom stereocenters. The lowest BCUT2D eigenvalue weighted by molar-refractivity contribution is 0.137. The Balaban J connectivity index is 1.81. The monoisotopic (exact) mass is 409 g/mol. The van der Waals surface area contributed by atoms with Crippen LogP contribution in [0.1, 0.15) is 25.0 Å². The number of benzene rings is 2. The summed E-state index contributed by atoms with van der Waals surface area (Å²) in [5.41, 5.74) is 3.46. The van der Waals surface area contributed by atoms with Crippen molar-refractivity contribution in [3.63, 3.8) is 0 Å². The standard InChI is InChI=1S/C17H17Br2NO/c1-17(2)9-11-4-3-5-12(16(11)21-17)10-20-15-8-13(18)6-7-14(15)19/h3-8,20H,9-10H2,1-2H3. The van der Waals surface area contributed by atoms with Gasteiger partial charge in [-0.2, -0.15) is 0 Å². The molecule has 0 spiro atoms. The molecule has 0 amide bonds. The van der Waals surface area contributed by atoms with Crippen LogP contribution in [-0.2, 0) is 13.0 Å². The van der Waals surface area contributed by atoms with Gasteiger partial charge >= 0.3 is 0 Å². The summed E-state index contributed by atoms with van der Waals surface area (Å²) in [6, 6.07) is 12.5. The zero-order chi connectivity index (χ0) is 15.0. The van der Waals surface area contributed by atoms with Gasteiger partial charge in [-0.1, -0.05) is 34.1 Å². The fourth-order valence-electron chi connectivity index (χ4n) is 2.64. The van der Waals surface area contributed by atoms with E-state index in [2.05, 4.69) is 75.3 Å². The fraction of sp³-hybridized carbons (Fsp3) is 0.294. The number of hydrogen-bond donors (Lipinski definition) is 1. The molecule has 1 aliphatic rings. The van der Waals surface area contributed by atoms with Crippen LogP contribution in [0.15, 0.2) is 45.3 Å². The van der Waals surface area contributed by atoms with E-state index >= 15 is 0 Å². The lowest BCUT2D eigenvalue weighted by Gasteiger charge is -2.18. The van der Waals surface area contributed by atoms with Crippen LogP contribution in [0.4, 0.5) is 5.69 Å². The molecule has 0 aromatic heterocycles. The summed E-state index contributed by atoms with van der Waals surface area (Å²) in [5.74, 6) is 1.04. The highest BCUT2D eigenvalue weighted by molar-refractivity contribution is 9.11. The minimum absolute atomic E-state index is 0.102. The number of hydrogen-bond acceptors (Lipinski definition) is 2. The van der Waals surface area contributed by atoms with Gasteiger partial charge in [0.15, 0.2) is 0 Å². The smallest absolute Gasteiger partial charge is 0.128 e. The maximum atomic E-state index is 6.11. The SMILES string of the molecule is CC1(C)Cc2cccc(CNc3cc(Br)ccc3Br)c2O1. The quantitative estimate of drug-likeness (QED) is 0.717. The van der Waals surface area contributed by atoms with Gasteiger partial charge in [0, 0.05) is 33.2 Å². The molecule has 2 nitrogen and oxygen atoms in total. The molecule has 0 saturated heterocycles. The van der Waals surface area contributed by atoms with Crippen molar-refractivity contribution in [1.82, 2.24) is 0 Å². The van der Waals surface area contributed by atoms with Crippen molar-refractivity contribution in [2.24, 2.45) is 0 Å². The summed E-state index contributed by atoms with van der Waals surface area (Å²) in [5, 5.41) is 3.47. The van der Waals surface area contributed by atoms with Crippen molar-refractivity contribution in [2.45, 2.75) is 32.4 Å². The first-order valence-electron chi connectivity index (χ1n) is 6.93. The zero-order valence-corrected chi connectivity index (χ0v) is 15.2. The summed E-state index contributed by atoms with van der Waals surface area (Å²) >= 11 is 7.07. The van der Waals surface area contributed by atoms with Crippen LogP contribution in [0.2, 0.25) is 0 Å². The summed E-state index contributed by atoms with van der Waals surface area (Å²) in [6.45, 7) is 5.01. The Morgan fingerprint density at radius 3 is 2.81 bits per heavy atom. The minimum Gasteiger partial charge on any atom is -0.487 e. The Morgan fingerprint density at radius 2 is 2.00 bits per heavy atom. The van der Waals surface area contributed by atoms with E-state index in [0.717, 1.165) is 33.3 Å². The molecule has 0 saturated carbocycles. The van der Waals surface area contributed by atoms with Gasteiger partial charge in [-0.05, 0) is 53.5 Å². The molecule has 0 bridgehead atoms. The molecular weight excluding hydrogens is 394 g/mol. The van der Waals surface area contributed by atoms with Gasteiger partial charge in [0.25, 0.3) is 0 Å². The van der Waals surface area contributed by atoms with Crippen molar-refractivity contribution < 1.29 is 4.74 Å². The van der Waals surface area contributed by atoms with Crippen molar-refractivity contribution in [3.8, 4) is 5.75 Å². The molecule has 0 fully saturated rings. The number of fused-ring (bicyclic) bond motifs is 1. The second-order valence-electron chi connectivity index (χ2n) is 5.92. The van der Waals surface area contributed by atoms with Crippen molar-refractivity contribution in [2.75, 3.05) is 5.32 Å². The average molecular weight is 411 g/mol. The predicted octanol–water partition coefficient (Wildman–Crippen LogP) is 5.54. The number of halogens is 2. The zero-order valence-electron chi connectivity index (χ0n) is 12.0. The molecule has 3 rings (SSSR count). The third kappa shape index (κ3) is 3.27. The maximum absolute atomic E-state index is 6.11. The Labute approximate surface area is 142 Å². The van der Waals surface area contributed by atoms with E-state index < -0.39 is 0 Å². The van der Waals surface area contributed by atoms with E-state index in [1.807, 2.05) is 12.1 Å². The summed E-state index contributed by atoms with van der Waals surface area (Å²) in [4.78, 5) is 0. The van der Waals surface area contributed by atoms with Crippen LogP contribution in [0.5, 0.6) is 5.75 Å². The predicted molar refractivity (Wildman–Crippen MR) is 94.0 cm³/mol. The van der Waals surface area contributed by atoms with E-state index in [-0.39, 0.29) is 5.60 Å². The highest BCUT2D eigenvalue weighted by Gasteiger charge is 2.31. The summed E-state index contributed by atoms with van der Waals surface area (Å²) in [7, 11) is 0. The molecule has 4 heteroatoms. The van der Waals surface area contributed by atoms with Gasteiger partial charge in [0.1, 0.15) is 11.4 Å². The highest BCUT2D eigenvalue weighted by Crippen LogP contribution is 2.38. The number of para-hydroxylation sites is 1. The molecule has 0 aliphatic carbocycles. The van der Waals surface area contributed by atoms with Gasteiger partial charge in [0.2, 0.25) is 0 Å². The molecule has 0 radical (unpaired) electrons. The van der Waals surface area contributed by atoms with Gasteiger partial charge in [-0.25, -0.2) is 0 Å². The number of rotatable bonds is 3. The van der Waals surface area contributed by atoms with Crippen molar-refractivity contribution in [3.05, 3.63) is 56.5 Å². The normalized spacial score (nSPS) is 15.4. The van der Waals surface area contributed by atoms with Crippen LogP contribution < -0.4 is 10.1 Å². The molecule has 1 aliphatic heterocycles. The average Bonchev–Trinajstić information content (AvgIpc) is 2.74. The fourth-order valence-corrected chi connectivity index (χ4v) is 3.39. The molecule has 110 valence electrons. The second-order valence-corrected chi connectivity index (χ2v) is 7.69. The lowest BCUT2D eigenvalue weighted by Crippen LogP contribution is -2.25. The van der Waals surface area contributed by atoms with Gasteiger partial charge in [-0.3, -0.25) is 0 Å². The Bertz CT molecular complexity index is 682. The Hall–Kier alpha value is -1.00. The van der Waals surface area contributed by atoms with Crippen LogP contribution in [-0.4, -0.2) is 5.60 Å². The third-order valence-electron chi connectivity index (χ3n) is 3.57. The largest absolute Gasteiger partial charge is 0.487 e. The van der Waals surface area contributed by atoms with Gasteiger partial charge in [-0.15, -0.1) is 0 Å². The van der Waals surface area contributed by atoms with Crippen LogP contribution in [0, 0.1) is 0 Å². The van der Waals surface area contributed by atoms with Gasteiger partial charge in [0.05, 0.1) is 0 Å². The molecule has 21 heavy (non-hydrogen) atoms. The molecule has 1 heterocycles. The summed E-state index contributed by atoms with van der Waals surface area (Å²) < 4.78 is 8.22. The first-order valence-corrected chi connectivity index (χ1v) is 8.52. The number of anilines is 1. The number of ether oxygens (including phenoxy) is 1. The van der Waals surface area contributed by atoms with E-state index in [0.29, 0.717) is 0 Å². The summed E-state index contributed by atoms with van der Waals surface area (Å²) in [6.07, 6.45) is 0.969. The Kier molecular flexibility index (Phi) is 4.02. The first-order chi connectivity index (χ1) is 9.94. The molecule has 2 aromatic carbocycles. The highest BCUT2D eigenvalue weighted by atomic mass is 79.9. The van der Waals surface area contributed by atoms with Crippen LogP contribution in [0.3, 0.4) is 0 Å².